The normalized spacial score (nSPS) is 14.6. The zero-order valence-corrected chi connectivity index (χ0v) is 14.6. The molecule has 21 heavy (non-hydrogen) atoms. The molecule has 0 heterocycles. The number of hydrogen-bond acceptors (Lipinski definition) is 2. The van der Waals surface area contributed by atoms with E-state index in [0.29, 0.717) is 5.92 Å². The molecule has 0 aliphatic carbocycles. The molecule has 0 bridgehead atoms. The van der Waals surface area contributed by atoms with Gasteiger partial charge in [-0.05, 0) is 36.9 Å². The second-order valence-corrected chi connectivity index (χ2v) is 6.76. The Morgan fingerprint density at radius 2 is 1.76 bits per heavy atom. The van der Waals surface area contributed by atoms with Crippen LogP contribution < -0.4 is 5.32 Å². The maximum atomic E-state index is 3.53. The quantitative estimate of drug-likeness (QED) is 0.655. The van der Waals surface area contributed by atoms with E-state index >= 15 is 0 Å². The first kappa shape index (κ1) is 18.2. The van der Waals surface area contributed by atoms with Crippen LogP contribution in [0.2, 0.25) is 0 Å². The van der Waals surface area contributed by atoms with Crippen LogP contribution in [0, 0.1) is 11.8 Å². The van der Waals surface area contributed by atoms with Crippen LogP contribution in [-0.2, 0) is 0 Å². The molecule has 0 spiro atoms. The molecule has 1 N–H and O–H groups in total. The molecule has 0 aromatic heterocycles. The molecule has 1 aromatic carbocycles. The Hall–Kier alpha value is -0.860. The summed E-state index contributed by atoms with van der Waals surface area (Å²) in [7, 11) is 2.25. The molecule has 0 aliphatic heterocycles. The molecule has 2 heteroatoms. The lowest BCUT2D eigenvalue weighted by molar-refractivity contribution is 0.271. The zero-order valence-electron chi connectivity index (χ0n) is 14.6. The van der Waals surface area contributed by atoms with Crippen molar-refractivity contribution in [1.29, 1.82) is 0 Å². The third-order valence-electron chi connectivity index (χ3n) is 4.29. The van der Waals surface area contributed by atoms with Gasteiger partial charge in [-0.1, -0.05) is 64.4 Å². The second-order valence-electron chi connectivity index (χ2n) is 6.76. The Bertz CT molecular complexity index is 361. The molecule has 1 rings (SSSR count). The van der Waals surface area contributed by atoms with E-state index in [1.165, 1.54) is 12.0 Å². The van der Waals surface area contributed by atoms with E-state index in [2.05, 4.69) is 75.3 Å². The van der Waals surface area contributed by atoms with Gasteiger partial charge >= 0.3 is 0 Å². The van der Waals surface area contributed by atoms with Crippen molar-refractivity contribution in [2.75, 3.05) is 33.2 Å². The summed E-state index contributed by atoms with van der Waals surface area (Å²) in [5, 5.41) is 3.53. The second kappa shape index (κ2) is 9.97. The van der Waals surface area contributed by atoms with Gasteiger partial charge in [0.2, 0.25) is 0 Å². The summed E-state index contributed by atoms with van der Waals surface area (Å²) >= 11 is 0. The van der Waals surface area contributed by atoms with Gasteiger partial charge in [-0.2, -0.15) is 0 Å². The number of benzene rings is 1. The van der Waals surface area contributed by atoms with E-state index in [1.54, 1.807) is 0 Å². The van der Waals surface area contributed by atoms with Gasteiger partial charge in [0.25, 0.3) is 0 Å². The van der Waals surface area contributed by atoms with Crippen LogP contribution in [0.15, 0.2) is 30.3 Å². The predicted octanol–water partition coefficient (Wildman–Crippen LogP) is 3.99. The first-order chi connectivity index (χ1) is 10.0. The van der Waals surface area contributed by atoms with Gasteiger partial charge in [0, 0.05) is 19.6 Å². The van der Waals surface area contributed by atoms with E-state index in [9.17, 15) is 0 Å². The fourth-order valence-electron chi connectivity index (χ4n) is 2.69. The van der Waals surface area contributed by atoms with Crippen molar-refractivity contribution < 1.29 is 0 Å². The monoisotopic (exact) mass is 290 g/mol. The molecule has 2 atom stereocenters. The number of likely N-dealkylation sites (N-methyl/N-ethyl adjacent to an activating group) is 1. The third kappa shape index (κ3) is 7.10. The number of rotatable bonds is 10. The van der Waals surface area contributed by atoms with Crippen molar-refractivity contribution in [3.63, 3.8) is 0 Å². The summed E-state index contributed by atoms with van der Waals surface area (Å²) in [5.41, 5.74) is 1.48. The molecule has 0 saturated heterocycles. The average Bonchev–Trinajstić information content (AvgIpc) is 2.49. The summed E-state index contributed by atoms with van der Waals surface area (Å²) in [4.78, 5) is 2.47. The average molecular weight is 290 g/mol. The van der Waals surface area contributed by atoms with Crippen molar-refractivity contribution in [3.8, 4) is 0 Å². The molecule has 2 unspecified atom stereocenters. The Morgan fingerprint density at radius 3 is 2.33 bits per heavy atom. The summed E-state index contributed by atoms with van der Waals surface area (Å²) in [6.45, 7) is 13.6. The molecule has 2 nitrogen and oxygen atoms in total. The highest BCUT2D eigenvalue weighted by Crippen LogP contribution is 2.27. The molecule has 0 amide bonds. The summed E-state index contributed by atoms with van der Waals surface area (Å²) in [6, 6.07) is 11.0. The highest BCUT2D eigenvalue weighted by atomic mass is 15.1. The molecule has 0 radical (unpaired) electrons. The first-order valence-corrected chi connectivity index (χ1v) is 8.48. The van der Waals surface area contributed by atoms with E-state index in [0.717, 1.165) is 38.0 Å². The van der Waals surface area contributed by atoms with E-state index < -0.39 is 0 Å². The minimum Gasteiger partial charge on any atom is -0.315 e. The molecular weight excluding hydrogens is 256 g/mol. The molecule has 0 aliphatic rings. The number of hydrogen-bond donors (Lipinski definition) is 1. The van der Waals surface area contributed by atoms with Crippen molar-refractivity contribution in [2.24, 2.45) is 11.8 Å². The van der Waals surface area contributed by atoms with Crippen LogP contribution in [-0.4, -0.2) is 38.1 Å². The van der Waals surface area contributed by atoms with Crippen LogP contribution >= 0.6 is 0 Å². The van der Waals surface area contributed by atoms with E-state index in [4.69, 9.17) is 0 Å². The van der Waals surface area contributed by atoms with Gasteiger partial charge in [-0.15, -0.1) is 0 Å². The van der Waals surface area contributed by atoms with Crippen molar-refractivity contribution >= 4 is 0 Å². The number of nitrogens with one attached hydrogen (secondary N) is 1. The van der Waals surface area contributed by atoms with Crippen LogP contribution in [0.25, 0.3) is 0 Å². The molecule has 120 valence electrons. The minimum atomic E-state index is 0.631. The maximum absolute atomic E-state index is 3.53. The maximum Gasteiger partial charge on any atom is 0.0104 e. The van der Waals surface area contributed by atoms with Gasteiger partial charge < -0.3 is 10.2 Å². The third-order valence-corrected chi connectivity index (χ3v) is 4.29. The van der Waals surface area contributed by atoms with E-state index in [1.807, 2.05) is 0 Å². The fraction of sp³-hybridized carbons (Fsp3) is 0.684. The summed E-state index contributed by atoms with van der Waals surface area (Å²) in [5.74, 6) is 2.08. The lowest BCUT2D eigenvalue weighted by Gasteiger charge is -2.29. The summed E-state index contributed by atoms with van der Waals surface area (Å²) in [6.07, 6.45) is 1.24. The Kier molecular flexibility index (Phi) is 8.63. The van der Waals surface area contributed by atoms with Gasteiger partial charge in [0.1, 0.15) is 0 Å². The SMILES string of the molecule is CCC(C)C(CN(C)CCNCC(C)C)c1ccccc1. The highest BCUT2D eigenvalue weighted by molar-refractivity contribution is 5.20. The first-order valence-electron chi connectivity index (χ1n) is 8.48. The highest BCUT2D eigenvalue weighted by Gasteiger charge is 2.19. The Labute approximate surface area is 131 Å². The summed E-state index contributed by atoms with van der Waals surface area (Å²) < 4.78 is 0. The number of nitrogens with zero attached hydrogens (tertiary/aromatic N) is 1. The van der Waals surface area contributed by atoms with Crippen molar-refractivity contribution in [2.45, 2.75) is 40.0 Å². The smallest absolute Gasteiger partial charge is 0.0104 e. The van der Waals surface area contributed by atoms with Gasteiger partial charge in [-0.3, -0.25) is 0 Å². The van der Waals surface area contributed by atoms with Crippen LogP contribution in [0.1, 0.15) is 45.6 Å². The topological polar surface area (TPSA) is 15.3 Å². The van der Waals surface area contributed by atoms with E-state index in [-0.39, 0.29) is 0 Å². The molecule has 1 aromatic rings. The zero-order chi connectivity index (χ0) is 15.7. The lowest BCUT2D eigenvalue weighted by Crippen LogP contribution is -2.34. The standard InChI is InChI=1S/C19H34N2/c1-6-17(4)19(18-10-8-7-9-11-18)15-21(5)13-12-20-14-16(2)3/h7-11,16-17,19-20H,6,12-15H2,1-5H3. The minimum absolute atomic E-state index is 0.631. The van der Waals surface area contributed by atoms with Crippen molar-refractivity contribution in [3.05, 3.63) is 35.9 Å². The van der Waals surface area contributed by atoms with Gasteiger partial charge in [-0.25, -0.2) is 0 Å². The lowest BCUT2D eigenvalue weighted by atomic mass is 9.85. The molecule has 0 saturated carbocycles. The van der Waals surface area contributed by atoms with Crippen LogP contribution in [0.5, 0.6) is 0 Å². The fourth-order valence-corrected chi connectivity index (χ4v) is 2.69. The Balaban J connectivity index is 2.49. The van der Waals surface area contributed by atoms with Crippen LogP contribution in [0.3, 0.4) is 0 Å². The van der Waals surface area contributed by atoms with Gasteiger partial charge in [0.05, 0.1) is 0 Å². The predicted molar refractivity (Wildman–Crippen MR) is 93.8 cm³/mol. The van der Waals surface area contributed by atoms with Gasteiger partial charge in [0.15, 0.2) is 0 Å². The largest absolute Gasteiger partial charge is 0.315 e. The van der Waals surface area contributed by atoms with Crippen LogP contribution in [0.4, 0.5) is 0 Å². The molecule has 0 fully saturated rings. The molecular formula is C19H34N2. The Morgan fingerprint density at radius 1 is 1.10 bits per heavy atom. The van der Waals surface area contributed by atoms with Crippen molar-refractivity contribution in [1.82, 2.24) is 10.2 Å².